The number of benzene rings is 3. The Morgan fingerprint density at radius 3 is 2.51 bits per heavy atom. The lowest BCUT2D eigenvalue weighted by Crippen LogP contribution is -2.11. The molecule has 8 nitrogen and oxygen atoms in total. The first-order valence-corrected chi connectivity index (χ1v) is 11.5. The van der Waals surface area contributed by atoms with Gasteiger partial charge < -0.3 is 4.74 Å². The molecule has 0 saturated carbocycles. The van der Waals surface area contributed by atoms with Crippen LogP contribution in [0.25, 0.3) is 5.69 Å². The molecule has 0 aliphatic rings. The Morgan fingerprint density at radius 1 is 1.11 bits per heavy atom. The van der Waals surface area contributed by atoms with Crippen molar-refractivity contribution in [2.45, 2.75) is 23.9 Å². The summed E-state index contributed by atoms with van der Waals surface area (Å²) in [4.78, 5) is 11.0. The number of nitro groups is 1. The lowest BCUT2D eigenvalue weighted by atomic mass is 10.1. The third-order valence-electron chi connectivity index (χ3n) is 5.23. The Bertz CT molecular complexity index is 1370. The van der Waals surface area contributed by atoms with Crippen LogP contribution in [0.15, 0.2) is 78.0 Å². The van der Waals surface area contributed by atoms with Gasteiger partial charge in [0.15, 0.2) is 5.16 Å². The van der Waals surface area contributed by atoms with Gasteiger partial charge >= 0.3 is 0 Å². The van der Waals surface area contributed by atoms with Crippen LogP contribution in [-0.2, 0) is 6.61 Å². The van der Waals surface area contributed by atoms with Crippen molar-refractivity contribution in [3.05, 3.63) is 111 Å². The summed E-state index contributed by atoms with van der Waals surface area (Å²) in [7, 11) is 0. The van der Waals surface area contributed by atoms with Gasteiger partial charge in [0.05, 0.1) is 11.6 Å². The second-order valence-electron chi connectivity index (χ2n) is 7.59. The van der Waals surface area contributed by atoms with E-state index in [1.54, 1.807) is 60.0 Å². The number of halogens is 1. The summed E-state index contributed by atoms with van der Waals surface area (Å²) < 4.78 is 20.9. The third kappa shape index (κ3) is 5.83. The van der Waals surface area contributed by atoms with Crippen molar-refractivity contribution in [2.75, 3.05) is 6.54 Å². The van der Waals surface area contributed by atoms with Crippen molar-refractivity contribution in [2.24, 2.45) is 0 Å². The molecule has 4 rings (SSSR count). The summed E-state index contributed by atoms with van der Waals surface area (Å²) in [5.74, 6) is 0.801. The standard InChI is InChI=1S/C25H20FN5O3S/c1-17-28-29-25(31(17)22-10-8-21(26)9-11-22)35-24(15-30(32)33)18-6-12-23(13-7-18)34-16-20-5-3-2-4-19(20)14-27/h2-13,24H,15-16H2,1H3/t24-/m0/s1. The topological polar surface area (TPSA) is 107 Å². The van der Waals surface area contributed by atoms with Gasteiger partial charge in [-0.2, -0.15) is 5.26 Å². The maximum Gasteiger partial charge on any atom is 0.220 e. The van der Waals surface area contributed by atoms with Crippen LogP contribution < -0.4 is 4.74 Å². The van der Waals surface area contributed by atoms with E-state index in [0.29, 0.717) is 28.0 Å². The summed E-state index contributed by atoms with van der Waals surface area (Å²) in [6.45, 7) is 1.67. The van der Waals surface area contributed by atoms with Gasteiger partial charge in [0.25, 0.3) is 0 Å². The van der Waals surface area contributed by atoms with Crippen molar-refractivity contribution >= 4 is 11.8 Å². The van der Waals surface area contributed by atoms with Gasteiger partial charge in [-0.3, -0.25) is 14.7 Å². The predicted molar refractivity (Wildman–Crippen MR) is 128 cm³/mol. The Hall–Kier alpha value is -4.23. The van der Waals surface area contributed by atoms with Crippen molar-refractivity contribution in [1.82, 2.24) is 14.8 Å². The van der Waals surface area contributed by atoms with Crippen LogP contribution in [0.5, 0.6) is 5.75 Å². The van der Waals surface area contributed by atoms with Gasteiger partial charge in [-0.1, -0.05) is 42.1 Å². The quantitative estimate of drug-likeness (QED) is 0.179. The highest BCUT2D eigenvalue weighted by Gasteiger charge is 2.24. The predicted octanol–water partition coefficient (Wildman–Crippen LogP) is 5.28. The highest BCUT2D eigenvalue weighted by molar-refractivity contribution is 7.99. The number of nitrogens with zero attached hydrogens (tertiary/aromatic N) is 5. The van der Waals surface area contributed by atoms with E-state index < -0.39 is 5.25 Å². The number of nitriles is 1. The van der Waals surface area contributed by atoms with Crippen LogP contribution in [-0.4, -0.2) is 26.2 Å². The smallest absolute Gasteiger partial charge is 0.220 e. The molecule has 10 heteroatoms. The Kier molecular flexibility index (Phi) is 7.38. The van der Waals surface area contributed by atoms with Crippen molar-refractivity contribution in [1.29, 1.82) is 5.26 Å². The first kappa shape index (κ1) is 23.9. The fourth-order valence-electron chi connectivity index (χ4n) is 3.48. The molecule has 1 atom stereocenters. The summed E-state index contributed by atoms with van der Waals surface area (Å²) in [6.07, 6.45) is 0. The highest BCUT2D eigenvalue weighted by Crippen LogP contribution is 2.36. The van der Waals surface area contributed by atoms with Gasteiger partial charge in [0, 0.05) is 16.2 Å². The molecule has 0 spiro atoms. The zero-order chi connectivity index (χ0) is 24.8. The zero-order valence-electron chi connectivity index (χ0n) is 18.7. The second kappa shape index (κ2) is 10.8. The average Bonchev–Trinajstić information content (AvgIpc) is 3.22. The molecule has 0 fully saturated rings. The van der Waals surface area contributed by atoms with Crippen molar-refractivity contribution < 1.29 is 14.1 Å². The monoisotopic (exact) mass is 489 g/mol. The molecule has 0 radical (unpaired) electrons. The molecule has 0 N–H and O–H groups in total. The van der Waals surface area contributed by atoms with Gasteiger partial charge in [-0.05, 0) is 55.0 Å². The second-order valence-corrected chi connectivity index (χ2v) is 8.76. The molecular formula is C25H20FN5O3S. The number of aromatic nitrogens is 3. The van der Waals surface area contributed by atoms with Crippen LogP contribution in [0.2, 0.25) is 0 Å². The molecule has 4 aromatic rings. The molecule has 0 aliphatic carbocycles. The van der Waals surface area contributed by atoms with Crippen LogP contribution in [0.3, 0.4) is 0 Å². The molecule has 1 aromatic heterocycles. The fraction of sp³-hybridized carbons (Fsp3) is 0.160. The van der Waals surface area contributed by atoms with Crippen LogP contribution in [0.4, 0.5) is 4.39 Å². The molecule has 176 valence electrons. The zero-order valence-corrected chi connectivity index (χ0v) is 19.5. The Morgan fingerprint density at radius 2 is 1.83 bits per heavy atom. The average molecular weight is 490 g/mol. The van der Waals surface area contributed by atoms with E-state index >= 15 is 0 Å². The molecule has 3 aromatic carbocycles. The highest BCUT2D eigenvalue weighted by atomic mass is 32.2. The van der Waals surface area contributed by atoms with E-state index in [-0.39, 0.29) is 23.9 Å². The van der Waals surface area contributed by atoms with Crippen molar-refractivity contribution in [3.8, 4) is 17.5 Å². The molecule has 0 saturated heterocycles. The molecule has 0 bridgehead atoms. The molecule has 1 heterocycles. The number of hydrogen-bond donors (Lipinski definition) is 0. The molecule has 0 amide bonds. The lowest BCUT2D eigenvalue weighted by Gasteiger charge is -2.15. The van der Waals surface area contributed by atoms with Gasteiger partial charge in [-0.25, -0.2) is 4.39 Å². The maximum absolute atomic E-state index is 13.4. The minimum absolute atomic E-state index is 0.232. The first-order valence-electron chi connectivity index (χ1n) is 10.6. The van der Waals surface area contributed by atoms with Crippen LogP contribution in [0.1, 0.15) is 27.8 Å². The van der Waals surface area contributed by atoms with E-state index in [9.17, 15) is 19.8 Å². The van der Waals surface area contributed by atoms with Gasteiger partial charge in [-0.15, -0.1) is 10.2 Å². The lowest BCUT2D eigenvalue weighted by molar-refractivity contribution is -0.479. The Balaban J connectivity index is 1.53. The third-order valence-corrected chi connectivity index (χ3v) is 6.41. The maximum atomic E-state index is 13.4. The summed E-state index contributed by atoms with van der Waals surface area (Å²) in [6, 6.07) is 22.3. The van der Waals surface area contributed by atoms with E-state index in [1.165, 1.54) is 23.9 Å². The number of thioether (sulfide) groups is 1. The van der Waals surface area contributed by atoms with Gasteiger partial charge in [0.2, 0.25) is 6.54 Å². The van der Waals surface area contributed by atoms with E-state index in [1.807, 2.05) is 12.1 Å². The van der Waals surface area contributed by atoms with Crippen LogP contribution >= 0.6 is 11.8 Å². The van der Waals surface area contributed by atoms with E-state index in [4.69, 9.17) is 4.74 Å². The largest absolute Gasteiger partial charge is 0.489 e. The number of hydrogen-bond acceptors (Lipinski definition) is 7. The molecule has 35 heavy (non-hydrogen) atoms. The number of ether oxygens (including phenoxy) is 1. The van der Waals surface area contributed by atoms with Crippen molar-refractivity contribution in [3.63, 3.8) is 0 Å². The molecule has 0 unspecified atom stereocenters. The summed E-state index contributed by atoms with van der Waals surface area (Å²) in [5, 5.41) is 28.9. The minimum atomic E-state index is -0.541. The molecule has 0 aliphatic heterocycles. The van der Waals surface area contributed by atoms with Gasteiger partial charge in [0.1, 0.15) is 29.2 Å². The van der Waals surface area contributed by atoms with Crippen LogP contribution in [0, 0.1) is 34.2 Å². The summed E-state index contributed by atoms with van der Waals surface area (Å²) >= 11 is 1.21. The number of aryl methyl sites for hydroxylation is 1. The SMILES string of the molecule is Cc1nnc(S[C@@H](C[N+](=O)[O-])c2ccc(OCc3ccccc3C#N)cc2)n1-c1ccc(F)cc1. The van der Waals surface area contributed by atoms with E-state index in [2.05, 4.69) is 16.3 Å². The normalized spacial score (nSPS) is 11.6. The minimum Gasteiger partial charge on any atom is -0.489 e. The summed E-state index contributed by atoms with van der Waals surface area (Å²) in [5.41, 5.74) is 2.71. The van der Waals surface area contributed by atoms with E-state index in [0.717, 1.165) is 11.1 Å². The fourth-order valence-corrected chi connectivity index (χ4v) is 4.65. The first-order chi connectivity index (χ1) is 16.9. The Labute approximate surface area is 205 Å². The number of rotatable bonds is 9. The molecular weight excluding hydrogens is 469 g/mol.